The van der Waals surface area contributed by atoms with Crippen LogP contribution in [-0.2, 0) is 11.8 Å². The van der Waals surface area contributed by atoms with E-state index in [4.69, 9.17) is 10.2 Å². The van der Waals surface area contributed by atoms with E-state index in [-0.39, 0.29) is 17.9 Å². The molecular weight excluding hydrogens is 246 g/mol. The minimum atomic E-state index is -0.428. The third-order valence-electron chi connectivity index (χ3n) is 3.26. The summed E-state index contributed by atoms with van der Waals surface area (Å²) < 4.78 is 6.47. The van der Waals surface area contributed by atoms with Gasteiger partial charge in [0.25, 0.3) is 0 Å². The van der Waals surface area contributed by atoms with Gasteiger partial charge >= 0.3 is 5.76 Å². The fourth-order valence-electron chi connectivity index (χ4n) is 1.71. The van der Waals surface area contributed by atoms with E-state index in [1.165, 1.54) is 4.57 Å². The topological polar surface area (TPSA) is 90.3 Å². The summed E-state index contributed by atoms with van der Waals surface area (Å²) in [7, 11) is 1.63. The lowest BCUT2D eigenvalue weighted by Crippen LogP contribution is -2.34. The number of aromatic nitrogens is 1. The number of carbonyl (C=O) groups is 1. The summed E-state index contributed by atoms with van der Waals surface area (Å²) in [5.41, 5.74) is 7.39. The Kier molecular flexibility index (Phi) is 3.44. The lowest BCUT2D eigenvalue weighted by atomic mass is 10.0. The first-order chi connectivity index (χ1) is 8.90. The van der Waals surface area contributed by atoms with Crippen LogP contribution in [0.3, 0.4) is 0 Å². The first-order valence-electron chi connectivity index (χ1n) is 6.06. The Morgan fingerprint density at radius 2 is 2.11 bits per heavy atom. The second-order valence-corrected chi connectivity index (χ2v) is 4.75. The molecule has 1 aromatic carbocycles. The van der Waals surface area contributed by atoms with Crippen molar-refractivity contribution >= 4 is 22.7 Å². The molecule has 2 unspecified atom stereocenters. The molecule has 0 saturated heterocycles. The molecule has 6 nitrogen and oxygen atoms in total. The second-order valence-electron chi connectivity index (χ2n) is 4.75. The second kappa shape index (κ2) is 4.89. The minimum absolute atomic E-state index is 0.160. The summed E-state index contributed by atoms with van der Waals surface area (Å²) in [6.07, 6.45) is 0. The van der Waals surface area contributed by atoms with Crippen molar-refractivity contribution in [3.63, 3.8) is 0 Å². The van der Waals surface area contributed by atoms with E-state index < -0.39 is 5.76 Å². The Morgan fingerprint density at radius 1 is 1.42 bits per heavy atom. The number of nitrogens with two attached hydrogens (primary N) is 1. The van der Waals surface area contributed by atoms with Crippen LogP contribution < -0.4 is 16.8 Å². The smallest absolute Gasteiger partial charge is 0.408 e. The van der Waals surface area contributed by atoms with E-state index in [2.05, 4.69) is 5.32 Å². The number of rotatable bonds is 3. The Labute approximate surface area is 110 Å². The molecule has 0 aliphatic heterocycles. The summed E-state index contributed by atoms with van der Waals surface area (Å²) >= 11 is 0. The van der Waals surface area contributed by atoms with Crippen molar-refractivity contribution in [3.8, 4) is 0 Å². The summed E-state index contributed by atoms with van der Waals surface area (Å²) in [4.78, 5) is 23.2. The van der Waals surface area contributed by atoms with Crippen LogP contribution in [0.2, 0.25) is 0 Å². The predicted octanol–water partition coefficient (Wildman–Crippen LogP) is 1.05. The third kappa shape index (κ3) is 2.53. The van der Waals surface area contributed by atoms with E-state index in [1.54, 1.807) is 39.1 Å². The van der Waals surface area contributed by atoms with Crippen LogP contribution in [0.15, 0.2) is 27.4 Å². The van der Waals surface area contributed by atoms with Crippen molar-refractivity contribution in [2.75, 3.05) is 5.32 Å². The van der Waals surface area contributed by atoms with Gasteiger partial charge in [0.05, 0.1) is 11.4 Å². The average molecular weight is 263 g/mol. The number of amides is 1. The van der Waals surface area contributed by atoms with Crippen molar-refractivity contribution in [2.45, 2.75) is 19.9 Å². The number of benzene rings is 1. The van der Waals surface area contributed by atoms with Crippen LogP contribution in [0.1, 0.15) is 13.8 Å². The lowest BCUT2D eigenvalue weighted by molar-refractivity contribution is -0.119. The maximum atomic E-state index is 11.9. The summed E-state index contributed by atoms with van der Waals surface area (Å²) in [6, 6.07) is 4.86. The SMILES string of the molecule is CC(N)C(C)C(=O)Nc1ccc2c(c1)oc(=O)n2C. The lowest BCUT2D eigenvalue weighted by Gasteiger charge is -2.15. The predicted molar refractivity (Wildman–Crippen MR) is 72.9 cm³/mol. The molecule has 19 heavy (non-hydrogen) atoms. The molecule has 1 amide bonds. The number of aryl methyl sites for hydroxylation is 1. The maximum Gasteiger partial charge on any atom is 0.419 e. The first kappa shape index (κ1) is 13.4. The van der Waals surface area contributed by atoms with Crippen LogP contribution in [0.4, 0.5) is 5.69 Å². The highest BCUT2D eigenvalue weighted by Gasteiger charge is 2.17. The maximum absolute atomic E-state index is 11.9. The molecule has 2 aromatic rings. The third-order valence-corrected chi connectivity index (χ3v) is 3.26. The molecule has 0 fully saturated rings. The van der Waals surface area contributed by atoms with Crippen molar-refractivity contribution in [1.29, 1.82) is 0 Å². The fourth-order valence-corrected chi connectivity index (χ4v) is 1.71. The molecular formula is C13H17N3O3. The van der Waals surface area contributed by atoms with Crippen molar-refractivity contribution in [2.24, 2.45) is 18.7 Å². The molecule has 102 valence electrons. The monoisotopic (exact) mass is 263 g/mol. The zero-order valence-corrected chi connectivity index (χ0v) is 11.1. The van der Waals surface area contributed by atoms with Gasteiger partial charge < -0.3 is 15.5 Å². The largest absolute Gasteiger partial charge is 0.419 e. The van der Waals surface area contributed by atoms with Gasteiger partial charge in [-0.15, -0.1) is 0 Å². The Hall–Kier alpha value is -2.08. The number of nitrogens with one attached hydrogen (secondary N) is 1. The van der Waals surface area contributed by atoms with Crippen LogP contribution in [0.5, 0.6) is 0 Å². The normalized spacial score (nSPS) is 14.3. The van der Waals surface area contributed by atoms with Gasteiger partial charge in [-0.1, -0.05) is 6.92 Å². The molecule has 0 bridgehead atoms. The molecule has 0 saturated carbocycles. The molecule has 2 atom stereocenters. The van der Waals surface area contributed by atoms with Crippen LogP contribution in [0, 0.1) is 5.92 Å². The number of fused-ring (bicyclic) bond motifs is 1. The highest BCUT2D eigenvalue weighted by atomic mass is 16.4. The molecule has 0 radical (unpaired) electrons. The molecule has 3 N–H and O–H groups in total. The standard InChI is InChI=1S/C13H17N3O3/c1-7(8(2)14)12(17)15-9-4-5-10-11(6-9)19-13(18)16(10)3/h4-8H,14H2,1-3H3,(H,15,17). The Morgan fingerprint density at radius 3 is 2.74 bits per heavy atom. The average Bonchev–Trinajstić information content (AvgIpc) is 2.63. The van der Waals surface area contributed by atoms with Gasteiger partial charge in [-0.25, -0.2) is 4.79 Å². The number of oxazole rings is 1. The number of anilines is 1. The number of nitrogens with zero attached hydrogens (tertiary/aromatic N) is 1. The van der Waals surface area contributed by atoms with Gasteiger partial charge in [-0.05, 0) is 19.1 Å². The number of hydrogen-bond donors (Lipinski definition) is 2. The molecule has 0 spiro atoms. The van der Waals surface area contributed by atoms with E-state index in [1.807, 2.05) is 0 Å². The molecule has 2 rings (SSSR count). The molecule has 0 aliphatic rings. The van der Waals surface area contributed by atoms with Gasteiger partial charge in [-0.3, -0.25) is 9.36 Å². The van der Waals surface area contributed by atoms with Crippen molar-refractivity contribution < 1.29 is 9.21 Å². The highest BCUT2D eigenvalue weighted by Crippen LogP contribution is 2.18. The fraction of sp³-hybridized carbons (Fsp3) is 0.385. The molecule has 1 aromatic heterocycles. The minimum Gasteiger partial charge on any atom is -0.408 e. The zero-order valence-electron chi connectivity index (χ0n) is 11.1. The van der Waals surface area contributed by atoms with Crippen LogP contribution in [0.25, 0.3) is 11.1 Å². The van der Waals surface area contributed by atoms with Gasteiger partial charge in [0.2, 0.25) is 5.91 Å². The van der Waals surface area contributed by atoms with Gasteiger partial charge in [0, 0.05) is 24.8 Å². The Balaban J connectivity index is 2.27. The molecule has 6 heteroatoms. The highest BCUT2D eigenvalue weighted by molar-refractivity contribution is 5.94. The number of hydrogen-bond acceptors (Lipinski definition) is 4. The summed E-state index contributed by atoms with van der Waals surface area (Å²) in [5.74, 6) is -0.881. The van der Waals surface area contributed by atoms with Crippen LogP contribution in [-0.4, -0.2) is 16.5 Å². The zero-order chi connectivity index (χ0) is 14.2. The summed E-state index contributed by atoms with van der Waals surface area (Å²) in [5, 5.41) is 2.75. The van der Waals surface area contributed by atoms with Gasteiger partial charge in [-0.2, -0.15) is 0 Å². The number of carbonyl (C=O) groups excluding carboxylic acids is 1. The van der Waals surface area contributed by atoms with Gasteiger partial charge in [0.15, 0.2) is 5.58 Å². The van der Waals surface area contributed by atoms with Crippen molar-refractivity contribution in [1.82, 2.24) is 4.57 Å². The Bertz CT molecular complexity index is 669. The molecule has 0 aliphatic carbocycles. The van der Waals surface area contributed by atoms with E-state index in [0.29, 0.717) is 16.8 Å². The van der Waals surface area contributed by atoms with Crippen molar-refractivity contribution in [3.05, 3.63) is 28.7 Å². The quantitative estimate of drug-likeness (QED) is 0.866. The molecule has 1 heterocycles. The van der Waals surface area contributed by atoms with Crippen LogP contribution >= 0.6 is 0 Å². The van der Waals surface area contributed by atoms with E-state index >= 15 is 0 Å². The van der Waals surface area contributed by atoms with E-state index in [0.717, 1.165) is 0 Å². The summed E-state index contributed by atoms with van der Waals surface area (Å²) in [6.45, 7) is 3.55. The van der Waals surface area contributed by atoms with Gasteiger partial charge in [0.1, 0.15) is 0 Å². The first-order valence-corrected chi connectivity index (χ1v) is 6.06. The van der Waals surface area contributed by atoms with E-state index in [9.17, 15) is 9.59 Å².